The molecule has 4 heteroatoms. The standard InChI is InChI=1S/C8H13NO.C2H6O2/c1-2-7-5-3-4-6-9-8(7)10;3-1-2-4/h2,7H,1,3-6H2,(H,9,10);3-4H,1-2H2. The molecule has 4 nitrogen and oxygen atoms in total. The highest BCUT2D eigenvalue weighted by Crippen LogP contribution is 2.12. The molecular formula is C10H19NO3. The molecule has 82 valence electrons. The Morgan fingerprint density at radius 2 is 2.07 bits per heavy atom. The molecule has 1 fully saturated rings. The first-order valence-electron chi connectivity index (χ1n) is 4.88. The second kappa shape index (κ2) is 8.72. The zero-order valence-corrected chi connectivity index (χ0v) is 8.41. The van der Waals surface area contributed by atoms with Crippen molar-refractivity contribution in [2.24, 2.45) is 5.92 Å². The van der Waals surface area contributed by atoms with E-state index < -0.39 is 0 Å². The van der Waals surface area contributed by atoms with E-state index in [1.165, 1.54) is 0 Å². The fraction of sp³-hybridized carbons (Fsp3) is 0.700. The number of hydrogen-bond donors (Lipinski definition) is 3. The highest BCUT2D eigenvalue weighted by molar-refractivity contribution is 5.80. The van der Waals surface area contributed by atoms with E-state index in [4.69, 9.17) is 10.2 Å². The van der Waals surface area contributed by atoms with Crippen LogP contribution in [-0.4, -0.2) is 35.9 Å². The number of carbonyl (C=O) groups is 1. The molecule has 1 atom stereocenters. The zero-order chi connectivity index (χ0) is 10.8. The Morgan fingerprint density at radius 1 is 1.43 bits per heavy atom. The largest absolute Gasteiger partial charge is 0.394 e. The Hall–Kier alpha value is -0.870. The summed E-state index contributed by atoms with van der Waals surface area (Å²) in [5.74, 6) is 0.204. The molecule has 0 bridgehead atoms. The van der Waals surface area contributed by atoms with Gasteiger partial charge in [-0.1, -0.05) is 12.5 Å². The number of aliphatic hydroxyl groups excluding tert-OH is 2. The molecule has 1 amide bonds. The minimum atomic E-state index is -0.125. The van der Waals surface area contributed by atoms with Crippen molar-refractivity contribution in [2.45, 2.75) is 19.3 Å². The average molecular weight is 201 g/mol. The van der Waals surface area contributed by atoms with Crippen LogP contribution in [0.4, 0.5) is 0 Å². The van der Waals surface area contributed by atoms with E-state index >= 15 is 0 Å². The Morgan fingerprint density at radius 3 is 2.57 bits per heavy atom. The molecule has 1 heterocycles. The second-order valence-electron chi connectivity index (χ2n) is 3.08. The summed E-state index contributed by atoms with van der Waals surface area (Å²) in [6.07, 6.45) is 4.95. The van der Waals surface area contributed by atoms with Crippen LogP contribution in [0.15, 0.2) is 12.7 Å². The fourth-order valence-electron chi connectivity index (χ4n) is 1.19. The van der Waals surface area contributed by atoms with Gasteiger partial charge in [0, 0.05) is 6.54 Å². The van der Waals surface area contributed by atoms with Gasteiger partial charge in [-0.2, -0.15) is 0 Å². The third-order valence-electron chi connectivity index (χ3n) is 1.96. The van der Waals surface area contributed by atoms with Crippen LogP contribution in [0.2, 0.25) is 0 Å². The number of carbonyl (C=O) groups excluding carboxylic acids is 1. The summed E-state index contributed by atoms with van der Waals surface area (Å²) in [5.41, 5.74) is 0. The van der Waals surface area contributed by atoms with Gasteiger partial charge in [0.05, 0.1) is 19.1 Å². The van der Waals surface area contributed by atoms with Crippen molar-refractivity contribution in [1.82, 2.24) is 5.32 Å². The Bertz CT molecular complexity index is 169. The molecule has 0 saturated carbocycles. The topological polar surface area (TPSA) is 69.6 Å². The molecule has 0 aromatic heterocycles. The highest BCUT2D eigenvalue weighted by Gasteiger charge is 2.16. The fourth-order valence-corrected chi connectivity index (χ4v) is 1.19. The van der Waals surface area contributed by atoms with Crippen molar-refractivity contribution in [3.05, 3.63) is 12.7 Å². The molecule has 1 rings (SSSR count). The van der Waals surface area contributed by atoms with Gasteiger partial charge in [0.1, 0.15) is 0 Å². The van der Waals surface area contributed by atoms with Gasteiger partial charge < -0.3 is 15.5 Å². The molecule has 3 N–H and O–H groups in total. The predicted molar refractivity (Wildman–Crippen MR) is 54.7 cm³/mol. The molecule has 0 aromatic rings. The lowest BCUT2D eigenvalue weighted by molar-refractivity contribution is -0.123. The van der Waals surface area contributed by atoms with E-state index in [1.54, 1.807) is 6.08 Å². The molecule has 0 spiro atoms. The Balaban J connectivity index is 0.000000364. The van der Waals surface area contributed by atoms with E-state index in [1.807, 2.05) is 0 Å². The van der Waals surface area contributed by atoms with Crippen molar-refractivity contribution >= 4 is 5.91 Å². The molecular weight excluding hydrogens is 182 g/mol. The zero-order valence-electron chi connectivity index (χ0n) is 8.41. The van der Waals surface area contributed by atoms with Gasteiger partial charge in [-0.05, 0) is 12.8 Å². The van der Waals surface area contributed by atoms with E-state index in [9.17, 15) is 4.79 Å². The Labute approximate surface area is 84.6 Å². The first-order valence-corrected chi connectivity index (χ1v) is 4.88. The number of nitrogens with one attached hydrogen (secondary N) is 1. The maximum Gasteiger partial charge on any atom is 0.226 e. The summed E-state index contributed by atoms with van der Waals surface area (Å²) >= 11 is 0. The minimum absolute atomic E-state index is 0.0579. The van der Waals surface area contributed by atoms with Gasteiger partial charge >= 0.3 is 0 Å². The normalized spacial score (nSPS) is 21.3. The molecule has 0 aliphatic carbocycles. The van der Waals surface area contributed by atoms with Crippen molar-refractivity contribution in [2.75, 3.05) is 19.8 Å². The first-order chi connectivity index (χ1) is 6.76. The molecule has 14 heavy (non-hydrogen) atoms. The summed E-state index contributed by atoms with van der Waals surface area (Å²) in [7, 11) is 0. The van der Waals surface area contributed by atoms with Crippen LogP contribution >= 0.6 is 0 Å². The predicted octanol–water partition coefficient (Wildman–Crippen LogP) is 0.0597. The van der Waals surface area contributed by atoms with Crippen molar-refractivity contribution in [3.8, 4) is 0 Å². The lowest BCUT2D eigenvalue weighted by Crippen LogP contribution is -2.27. The highest BCUT2D eigenvalue weighted by atomic mass is 16.3. The van der Waals surface area contributed by atoms with Crippen LogP contribution in [0, 0.1) is 5.92 Å². The SMILES string of the molecule is C=CC1CCCCNC1=O.OCCO. The maximum absolute atomic E-state index is 11.1. The molecule has 1 saturated heterocycles. The first kappa shape index (κ1) is 13.1. The molecule has 0 aromatic carbocycles. The van der Waals surface area contributed by atoms with E-state index in [2.05, 4.69) is 11.9 Å². The maximum atomic E-state index is 11.1. The lowest BCUT2D eigenvalue weighted by atomic mass is 10.0. The number of rotatable bonds is 2. The quantitative estimate of drug-likeness (QED) is 0.553. The van der Waals surface area contributed by atoms with Crippen LogP contribution in [-0.2, 0) is 4.79 Å². The van der Waals surface area contributed by atoms with E-state index in [-0.39, 0.29) is 25.0 Å². The van der Waals surface area contributed by atoms with Gasteiger partial charge in [-0.25, -0.2) is 0 Å². The molecule has 1 unspecified atom stereocenters. The summed E-state index contributed by atoms with van der Waals surface area (Å²) in [6, 6.07) is 0. The molecule has 1 aliphatic heterocycles. The van der Waals surface area contributed by atoms with Gasteiger partial charge in [-0.3, -0.25) is 4.79 Å². The van der Waals surface area contributed by atoms with Crippen LogP contribution in [0.25, 0.3) is 0 Å². The summed E-state index contributed by atoms with van der Waals surface area (Å²) < 4.78 is 0. The Kier molecular flexibility index (Phi) is 8.17. The lowest BCUT2D eigenvalue weighted by Gasteiger charge is -2.05. The number of aliphatic hydroxyl groups is 2. The van der Waals surface area contributed by atoms with Gasteiger partial charge in [-0.15, -0.1) is 6.58 Å². The van der Waals surface area contributed by atoms with Gasteiger partial charge in [0.2, 0.25) is 5.91 Å². The summed E-state index contributed by atoms with van der Waals surface area (Å²) in [4.78, 5) is 11.1. The van der Waals surface area contributed by atoms with Crippen molar-refractivity contribution in [3.63, 3.8) is 0 Å². The average Bonchev–Trinajstić information content (AvgIpc) is 2.43. The smallest absolute Gasteiger partial charge is 0.226 e. The van der Waals surface area contributed by atoms with Crippen LogP contribution in [0.5, 0.6) is 0 Å². The van der Waals surface area contributed by atoms with Crippen LogP contribution in [0.1, 0.15) is 19.3 Å². The minimum Gasteiger partial charge on any atom is -0.394 e. The van der Waals surface area contributed by atoms with E-state index in [0.29, 0.717) is 0 Å². The number of amides is 1. The summed E-state index contributed by atoms with van der Waals surface area (Å²) in [5, 5.41) is 18.1. The van der Waals surface area contributed by atoms with E-state index in [0.717, 1.165) is 25.8 Å². The number of hydrogen-bond acceptors (Lipinski definition) is 3. The van der Waals surface area contributed by atoms with Crippen LogP contribution in [0.3, 0.4) is 0 Å². The second-order valence-corrected chi connectivity index (χ2v) is 3.08. The third-order valence-corrected chi connectivity index (χ3v) is 1.96. The van der Waals surface area contributed by atoms with Gasteiger partial charge in [0.25, 0.3) is 0 Å². The van der Waals surface area contributed by atoms with Gasteiger partial charge in [0.15, 0.2) is 0 Å². The van der Waals surface area contributed by atoms with Crippen LogP contribution < -0.4 is 5.32 Å². The van der Waals surface area contributed by atoms with Crippen molar-refractivity contribution in [1.29, 1.82) is 0 Å². The molecule has 0 radical (unpaired) electrons. The molecule has 1 aliphatic rings. The monoisotopic (exact) mass is 201 g/mol. The summed E-state index contributed by atoms with van der Waals surface area (Å²) in [6.45, 7) is 4.20. The van der Waals surface area contributed by atoms with Crippen molar-refractivity contribution < 1.29 is 15.0 Å². The third kappa shape index (κ3) is 5.72.